The van der Waals surface area contributed by atoms with Crippen molar-refractivity contribution in [3.63, 3.8) is 0 Å². The van der Waals surface area contributed by atoms with Gasteiger partial charge in [0.05, 0.1) is 24.3 Å². The minimum Gasteiger partial charge on any atom is -0.468 e. The number of carbonyl (C=O) groups excluding carboxylic acids is 2. The van der Waals surface area contributed by atoms with Gasteiger partial charge in [-0.2, -0.15) is 0 Å². The number of rotatable bonds is 5. The van der Waals surface area contributed by atoms with Crippen LogP contribution >= 0.6 is 11.3 Å². The first kappa shape index (κ1) is 18.6. The summed E-state index contributed by atoms with van der Waals surface area (Å²) in [5, 5.41) is 0. The molecule has 2 aromatic rings. The monoisotopic (exact) mass is 365 g/mol. The van der Waals surface area contributed by atoms with Gasteiger partial charge >= 0.3 is 11.9 Å². The predicted molar refractivity (Wildman–Crippen MR) is 90.9 cm³/mol. The molecule has 6 nitrogen and oxygen atoms in total. The highest BCUT2D eigenvalue weighted by molar-refractivity contribution is 7.07. The van der Waals surface area contributed by atoms with Crippen molar-refractivity contribution in [2.24, 2.45) is 0 Å². The molecule has 0 N–H and O–H groups in total. The summed E-state index contributed by atoms with van der Waals surface area (Å²) >= 11 is 1.03. The van der Waals surface area contributed by atoms with Crippen molar-refractivity contribution in [2.45, 2.75) is 13.5 Å². The highest BCUT2D eigenvalue weighted by atomic mass is 32.1. The van der Waals surface area contributed by atoms with Gasteiger partial charge in [-0.05, 0) is 30.7 Å². The maximum atomic E-state index is 13.0. The number of carbonyl (C=O) groups is 2. The second-order valence-corrected chi connectivity index (χ2v) is 5.93. The van der Waals surface area contributed by atoms with Gasteiger partial charge in [0.25, 0.3) is 5.56 Å². The van der Waals surface area contributed by atoms with Crippen molar-refractivity contribution in [1.82, 2.24) is 4.57 Å². The number of methoxy groups -OCH3 is 1. The standard InChI is InChI=1S/C17H16FNO5S/c1-3-24-15(20)9-14-19(10-16(21)23-2)17(22)13(25-14)8-11-4-6-12(18)7-5-11/h4-9H,3,10H2,1-2H3/b13-8-,14-9-. The summed E-state index contributed by atoms with van der Waals surface area (Å²) in [6.45, 7) is 1.53. The van der Waals surface area contributed by atoms with Gasteiger partial charge in [-0.3, -0.25) is 14.2 Å². The van der Waals surface area contributed by atoms with Crippen LogP contribution in [0, 0.1) is 5.82 Å². The van der Waals surface area contributed by atoms with E-state index in [1.165, 1.54) is 31.4 Å². The molecule has 8 heteroatoms. The van der Waals surface area contributed by atoms with Crippen LogP contribution in [0.4, 0.5) is 4.39 Å². The molecule has 0 aliphatic carbocycles. The highest BCUT2D eigenvalue weighted by Gasteiger charge is 2.11. The molecule has 1 aromatic carbocycles. The zero-order chi connectivity index (χ0) is 18.4. The fourth-order valence-electron chi connectivity index (χ4n) is 1.98. The molecule has 25 heavy (non-hydrogen) atoms. The van der Waals surface area contributed by atoms with Gasteiger partial charge < -0.3 is 9.47 Å². The second-order valence-electron chi connectivity index (χ2n) is 4.86. The molecular weight excluding hydrogens is 349 g/mol. The molecule has 0 bridgehead atoms. The molecule has 2 rings (SSSR count). The molecule has 0 saturated heterocycles. The number of ether oxygens (including phenoxy) is 2. The van der Waals surface area contributed by atoms with Crippen LogP contribution in [0.3, 0.4) is 0 Å². The van der Waals surface area contributed by atoms with Crippen LogP contribution in [-0.4, -0.2) is 30.2 Å². The Morgan fingerprint density at radius 3 is 2.56 bits per heavy atom. The lowest BCUT2D eigenvalue weighted by Crippen LogP contribution is -2.34. The van der Waals surface area contributed by atoms with Crippen LogP contribution in [0.25, 0.3) is 12.2 Å². The summed E-state index contributed by atoms with van der Waals surface area (Å²) in [6.07, 6.45) is 2.71. The van der Waals surface area contributed by atoms with Gasteiger partial charge in [-0.25, -0.2) is 9.18 Å². The van der Waals surface area contributed by atoms with Crippen LogP contribution in [0.5, 0.6) is 0 Å². The predicted octanol–water partition coefficient (Wildman–Crippen LogP) is 0.394. The number of thiazole rings is 1. The molecule has 0 atom stereocenters. The summed E-state index contributed by atoms with van der Waals surface area (Å²) in [7, 11) is 1.21. The number of hydrogen-bond acceptors (Lipinski definition) is 6. The van der Waals surface area contributed by atoms with Crippen molar-refractivity contribution in [1.29, 1.82) is 0 Å². The SMILES string of the molecule is CCOC(=O)/C=c1\s/c(=C\c2ccc(F)cc2)c(=O)n1CC(=O)OC. The van der Waals surface area contributed by atoms with Crippen molar-refractivity contribution in [3.05, 3.63) is 55.2 Å². The quantitative estimate of drug-likeness (QED) is 0.717. The number of halogens is 1. The Balaban J connectivity index is 2.59. The Morgan fingerprint density at radius 1 is 1.28 bits per heavy atom. The van der Waals surface area contributed by atoms with E-state index in [2.05, 4.69) is 4.74 Å². The molecule has 0 unspecified atom stereocenters. The van der Waals surface area contributed by atoms with Crippen LogP contribution < -0.4 is 14.8 Å². The molecular formula is C17H16FNO5S. The molecule has 1 heterocycles. The number of benzene rings is 1. The van der Waals surface area contributed by atoms with E-state index >= 15 is 0 Å². The second kappa shape index (κ2) is 8.39. The van der Waals surface area contributed by atoms with Gasteiger partial charge in [0.1, 0.15) is 17.0 Å². The largest absolute Gasteiger partial charge is 0.468 e. The lowest BCUT2D eigenvalue weighted by molar-refractivity contribution is -0.141. The molecule has 0 aliphatic heterocycles. The molecule has 0 saturated carbocycles. The summed E-state index contributed by atoms with van der Waals surface area (Å²) in [6, 6.07) is 5.60. The fourth-order valence-corrected chi connectivity index (χ4v) is 3.01. The van der Waals surface area contributed by atoms with Gasteiger partial charge in [0.15, 0.2) is 0 Å². The molecule has 1 aromatic heterocycles. The van der Waals surface area contributed by atoms with E-state index in [1.807, 2.05) is 0 Å². The van der Waals surface area contributed by atoms with E-state index in [0.29, 0.717) is 10.1 Å². The summed E-state index contributed by atoms with van der Waals surface area (Å²) < 4.78 is 24.1. The maximum absolute atomic E-state index is 13.0. The Kier molecular flexibility index (Phi) is 6.24. The van der Waals surface area contributed by atoms with Gasteiger partial charge in [0, 0.05) is 0 Å². The van der Waals surface area contributed by atoms with Gasteiger partial charge in [-0.1, -0.05) is 12.1 Å². The molecule has 0 fully saturated rings. The minimum atomic E-state index is -0.619. The Hall–Kier alpha value is -2.74. The molecule has 132 valence electrons. The molecule has 0 amide bonds. The summed E-state index contributed by atoms with van der Waals surface area (Å²) in [5.41, 5.74) is 0.169. The van der Waals surface area contributed by atoms with Crippen molar-refractivity contribution in [2.75, 3.05) is 13.7 Å². The van der Waals surface area contributed by atoms with Crippen molar-refractivity contribution >= 4 is 35.4 Å². The minimum absolute atomic E-state index is 0.191. The summed E-state index contributed by atoms with van der Waals surface area (Å²) in [5.74, 6) is -1.62. The van der Waals surface area contributed by atoms with Gasteiger partial charge in [0.2, 0.25) is 0 Å². The first-order valence-electron chi connectivity index (χ1n) is 7.36. The lowest BCUT2D eigenvalue weighted by Gasteiger charge is -2.00. The molecule has 0 aliphatic rings. The third kappa shape index (κ3) is 4.87. The van der Waals surface area contributed by atoms with Gasteiger partial charge in [-0.15, -0.1) is 11.3 Å². The number of esters is 2. The molecule has 0 radical (unpaired) electrons. The first-order valence-corrected chi connectivity index (χ1v) is 8.18. The van der Waals surface area contributed by atoms with E-state index in [0.717, 1.165) is 22.0 Å². The zero-order valence-electron chi connectivity index (χ0n) is 13.7. The number of hydrogen-bond donors (Lipinski definition) is 0. The fraction of sp³-hybridized carbons (Fsp3) is 0.235. The summed E-state index contributed by atoms with van der Waals surface area (Å²) in [4.78, 5) is 35.8. The Bertz CT molecular complexity index is 943. The maximum Gasteiger partial charge on any atom is 0.333 e. The highest BCUT2D eigenvalue weighted by Crippen LogP contribution is 2.02. The average Bonchev–Trinajstić information content (AvgIpc) is 2.85. The van der Waals surface area contributed by atoms with E-state index in [-0.39, 0.29) is 23.6 Å². The van der Waals surface area contributed by atoms with Crippen LogP contribution in [0.15, 0.2) is 29.1 Å². The van der Waals surface area contributed by atoms with Crippen molar-refractivity contribution in [3.8, 4) is 0 Å². The Labute approximate surface area is 146 Å². The first-order chi connectivity index (χ1) is 11.9. The average molecular weight is 365 g/mol. The normalized spacial score (nSPS) is 12.3. The Morgan fingerprint density at radius 2 is 1.96 bits per heavy atom. The smallest absolute Gasteiger partial charge is 0.333 e. The lowest BCUT2D eigenvalue weighted by atomic mass is 10.2. The van der Waals surface area contributed by atoms with Crippen LogP contribution in [-0.2, 0) is 25.6 Å². The van der Waals surface area contributed by atoms with Crippen molar-refractivity contribution < 1.29 is 23.5 Å². The van der Waals surface area contributed by atoms with E-state index in [4.69, 9.17) is 4.74 Å². The van der Waals surface area contributed by atoms with E-state index < -0.39 is 17.5 Å². The number of aromatic nitrogens is 1. The topological polar surface area (TPSA) is 74.6 Å². The van der Waals surface area contributed by atoms with Crippen LogP contribution in [0.2, 0.25) is 0 Å². The zero-order valence-corrected chi connectivity index (χ0v) is 14.5. The third-order valence-electron chi connectivity index (χ3n) is 3.15. The third-order valence-corrected chi connectivity index (χ3v) is 4.21. The molecule has 0 spiro atoms. The number of nitrogens with zero attached hydrogens (tertiary/aromatic N) is 1. The van der Waals surface area contributed by atoms with Crippen LogP contribution in [0.1, 0.15) is 12.5 Å². The van der Waals surface area contributed by atoms with E-state index in [1.54, 1.807) is 13.0 Å². The van der Waals surface area contributed by atoms with E-state index in [9.17, 15) is 18.8 Å².